The van der Waals surface area contributed by atoms with Crippen LogP contribution in [0.5, 0.6) is 6.01 Å². The molecular formula is C23H30N6O. The molecule has 2 fully saturated rings. The first-order chi connectivity index (χ1) is 14.7. The lowest BCUT2D eigenvalue weighted by Crippen LogP contribution is -2.18. The summed E-state index contributed by atoms with van der Waals surface area (Å²) in [5.41, 5.74) is 10.2. The third-order valence-corrected chi connectivity index (χ3v) is 6.18. The lowest BCUT2D eigenvalue weighted by molar-refractivity contribution is 0.280. The van der Waals surface area contributed by atoms with Crippen LogP contribution in [0, 0.1) is 12.8 Å². The zero-order valence-electron chi connectivity index (χ0n) is 17.7. The number of likely N-dealkylation sites (tertiary alicyclic amines) is 1. The molecule has 0 unspecified atom stereocenters. The fourth-order valence-corrected chi connectivity index (χ4v) is 4.30. The number of aromatic nitrogens is 4. The average Bonchev–Trinajstić information content (AvgIpc) is 3.31. The van der Waals surface area contributed by atoms with E-state index < -0.39 is 0 Å². The highest BCUT2D eigenvalue weighted by molar-refractivity contribution is 5.82. The summed E-state index contributed by atoms with van der Waals surface area (Å²) < 4.78 is 7.91. The summed E-state index contributed by atoms with van der Waals surface area (Å²) >= 11 is 0. The van der Waals surface area contributed by atoms with Crippen LogP contribution in [0.2, 0.25) is 0 Å². The lowest BCUT2D eigenvalue weighted by Gasteiger charge is -2.15. The van der Waals surface area contributed by atoms with Gasteiger partial charge in [-0.15, -0.1) is 0 Å². The summed E-state index contributed by atoms with van der Waals surface area (Å²) in [4.78, 5) is 16.1. The molecule has 0 spiro atoms. The van der Waals surface area contributed by atoms with Gasteiger partial charge in [0.15, 0.2) is 17.0 Å². The molecule has 0 bridgehead atoms. The number of hydrogen-bond donors (Lipinski definition) is 1. The van der Waals surface area contributed by atoms with Gasteiger partial charge in [0.2, 0.25) is 0 Å². The van der Waals surface area contributed by atoms with Crippen molar-refractivity contribution in [1.82, 2.24) is 24.4 Å². The topological polar surface area (TPSA) is 82.1 Å². The summed E-state index contributed by atoms with van der Waals surface area (Å²) in [5.74, 6) is 2.07. The molecule has 0 radical (unpaired) electrons. The molecule has 30 heavy (non-hydrogen) atoms. The summed E-state index contributed by atoms with van der Waals surface area (Å²) in [7, 11) is 0. The van der Waals surface area contributed by atoms with E-state index >= 15 is 0 Å². The second-order valence-corrected chi connectivity index (χ2v) is 8.69. The van der Waals surface area contributed by atoms with E-state index in [1.807, 2.05) is 6.92 Å². The Morgan fingerprint density at radius 3 is 2.60 bits per heavy atom. The second-order valence-electron chi connectivity index (χ2n) is 8.69. The van der Waals surface area contributed by atoms with Gasteiger partial charge in [0.25, 0.3) is 0 Å². The van der Waals surface area contributed by atoms with E-state index in [4.69, 9.17) is 10.5 Å². The number of rotatable bonds is 8. The van der Waals surface area contributed by atoms with Crippen LogP contribution < -0.4 is 10.5 Å². The van der Waals surface area contributed by atoms with E-state index in [2.05, 4.69) is 48.7 Å². The van der Waals surface area contributed by atoms with Crippen molar-refractivity contribution in [1.29, 1.82) is 0 Å². The first-order valence-electron chi connectivity index (χ1n) is 11.1. The fourth-order valence-electron chi connectivity index (χ4n) is 4.30. The van der Waals surface area contributed by atoms with Crippen LogP contribution >= 0.6 is 0 Å². The van der Waals surface area contributed by atoms with Gasteiger partial charge in [0.1, 0.15) is 5.82 Å². The monoisotopic (exact) mass is 406 g/mol. The summed E-state index contributed by atoms with van der Waals surface area (Å²) in [6.45, 7) is 6.76. The molecule has 5 rings (SSSR count). The smallest absolute Gasteiger partial charge is 0.320 e. The Morgan fingerprint density at radius 1 is 1.07 bits per heavy atom. The zero-order valence-corrected chi connectivity index (χ0v) is 17.7. The normalized spacial score (nSPS) is 17.1. The number of hydrogen-bond acceptors (Lipinski definition) is 6. The molecule has 1 saturated carbocycles. The van der Waals surface area contributed by atoms with Crippen molar-refractivity contribution < 1.29 is 4.74 Å². The van der Waals surface area contributed by atoms with E-state index in [1.54, 1.807) is 0 Å². The Hall–Kier alpha value is -2.67. The van der Waals surface area contributed by atoms with Crippen LogP contribution in [0.15, 0.2) is 24.3 Å². The van der Waals surface area contributed by atoms with Crippen molar-refractivity contribution in [3.8, 4) is 6.01 Å². The van der Waals surface area contributed by atoms with Gasteiger partial charge in [-0.3, -0.25) is 4.90 Å². The van der Waals surface area contributed by atoms with E-state index in [0.717, 1.165) is 30.4 Å². The first-order valence-corrected chi connectivity index (χ1v) is 11.1. The van der Waals surface area contributed by atoms with Gasteiger partial charge in [0.05, 0.1) is 13.2 Å². The minimum atomic E-state index is 0.351. The zero-order chi connectivity index (χ0) is 20.5. The average molecular weight is 407 g/mol. The molecule has 1 aromatic carbocycles. The fraction of sp³-hybridized carbons (Fsp3) is 0.522. The van der Waals surface area contributed by atoms with Crippen LogP contribution in [0.1, 0.15) is 49.1 Å². The lowest BCUT2D eigenvalue weighted by atomic mass is 10.1. The highest BCUT2D eigenvalue weighted by Gasteiger charge is 2.21. The van der Waals surface area contributed by atoms with Crippen molar-refractivity contribution in [2.45, 2.75) is 52.1 Å². The Bertz CT molecular complexity index is 1040. The molecule has 7 nitrogen and oxygen atoms in total. The van der Waals surface area contributed by atoms with E-state index in [0.29, 0.717) is 30.5 Å². The number of nitrogen functional groups attached to an aromatic ring is 1. The minimum absolute atomic E-state index is 0.351. The van der Waals surface area contributed by atoms with Crippen LogP contribution in [0.3, 0.4) is 0 Å². The van der Waals surface area contributed by atoms with Crippen LogP contribution in [0.25, 0.3) is 11.2 Å². The van der Waals surface area contributed by atoms with Gasteiger partial charge in [-0.05, 0) is 56.3 Å². The van der Waals surface area contributed by atoms with Crippen molar-refractivity contribution in [3.05, 3.63) is 41.2 Å². The molecule has 2 aliphatic rings. The van der Waals surface area contributed by atoms with Gasteiger partial charge in [-0.1, -0.05) is 37.1 Å². The van der Waals surface area contributed by atoms with E-state index in [1.165, 1.54) is 49.9 Å². The maximum Gasteiger partial charge on any atom is 0.320 e. The maximum absolute atomic E-state index is 6.18. The summed E-state index contributed by atoms with van der Waals surface area (Å²) in [5, 5.41) is 0. The molecular weight excluding hydrogens is 376 g/mol. The van der Waals surface area contributed by atoms with Crippen LogP contribution in [0.4, 0.5) is 5.82 Å². The molecule has 0 amide bonds. The molecule has 2 aromatic heterocycles. The number of ether oxygens (including phenoxy) is 1. The molecule has 3 aromatic rings. The standard InChI is InChI=1S/C23H30N6O/c1-16-25-20-21(24)26-23(30-12-9-17-7-8-17)27-22(20)29(16)15-19-6-4-5-18(13-19)14-28-10-2-3-11-28/h4-6,13,17H,2-3,7-12,14-15H2,1H3,(H2,24,26,27). The molecule has 1 aliphatic heterocycles. The molecule has 1 aliphatic carbocycles. The number of aryl methyl sites for hydroxylation is 1. The SMILES string of the molecule is Cc1nc2c(N)nc(OCCC3CC3)nc2n1Cc1cccc(CN2CCCC2)c1. The third kappa shape index (κ3) is 4.26. The number of imidazole rings is 1. The van der Waals surface area contributed by atoms with Crippen molar-refractivity contribution >= 4 is 17.0 Å². The molecule has 1 saturated heterocycles. The van der Waals surface area contributed by atoms with Crippen LogP contribution in [-0.4, -0.2) is 44.1 Å². The number of fused-ring (bicyclic) bond motifs is 1. The van der Waals surface area contributed by atoms with E-state index in [-0.39, 0.29) is 0 Å². The quantitative estimate of drug-likeness (QED) is 0.616. The Kier molecular flexibility index (Phi) is 5.29. The molecule has 3 heterocycles. The van der Waals surface area contributed by atoms with Crippen molar-refractivity contribution in [2.24, 2.45) is 5.92 Å². The highest BCUT2D eigenvalue weighted by Crippen LogP contribution is 2.32. The third-order valence-electron chi connectivity index (χ3n) is 6.18. The van der Waals surface area contributed by atoms with Gasteiger partial charge in [0, 0.05) is 6.54 Å². The molecule has 0 atom stereocenters. The van der Waals surface area contributed by atoms with Crippen molar-refractivity contribution in [2.75, 3.05) is 25.4 Å². The summed E-state index contributed by atoms with van der Waals surface area (Å²) in [6, 6.07) is 9.17. The Labute approximate surface area is 177 Å². The number of anilines is 1. The first kappa shape index (κ1) is 19.3. The highest BCUT2D eigenvalue weighted by atomic mass is 16.5. The minimum Gasteiger partial charge on any atom is -0.463 e. The number of nitrogens with zero attached hydrogens (tertiary/aromatic N) is 5. The van der Waals surface area contributed by atoms with Gasteiger partial charge in [-0.25, -0.2) is 4.98 Å². The molecule has 158 valence electrons. The van der Waals surface area contributed by atoms with Gasteiger partial charge in [-0.2, -0.15) is 9.97 Å². The van der Waals surface area contributed by atoms with E-state index in [9.17, 15) is 0 Å². The predicted molar refractivity (Wildman–Crippen MR) is 117 cm³/mol. The number of benzene rings is 1. The number of nitrogens with two attached hydrogens (primary N) is 1. The van der Waals surface area contributed by atoms with Gasteiger partial charge >= 0.3 is 6.01 Å². The molecule has 7 heteroatoms. The largest absolute Gasteiger partial charge is 0.463 e. The molecule has 2 N–H and O–H groups in total. The predicted octanol–water partition coefficient (Wildman–Crippen LogP) is 3.54. The van der Waals surface area contributed by atoms with Gasteiger partial charge < -0.3 is 15.0 Å². The Balaban J connectivity index is 1.37. The maximum atomic E-state index is 6.18. The Morgan fingerprint density at radius 2 is 1.83 bits per heavy atom. The van der Waals surface area contributed by atoms with Crippen LogP contribution in [-0.2, 0) is 13.1 Å². The summed E-state index contributed by atoms with van der Waals surface area (Å²) in [6.07, 6.45) is 6.31. The van der Waals surface area contributed by atoms with Crippen molar-refractivity contribution in [3.63, 3.8) is 0 Å². The second kappa shape index (κ2) is 8.22.